The van der Waals surface area contributed by atoms with Gasteiger partial charge >= 0.3 is 0 Å². The monoisotopic (exact) mass is 443 g/mol. The maximum absolute atomic E-state index is 13.0. The minimum absolute atomic E-state index is 0.00600. The summed E-state index contributed by atoms with van der Waals surface area (Å²) in [7, 11) is -1.27. The van der Waals surface area contributed by atoms with E-state index >= 15 is 0 Å². The number of aromatic amines is 1. The second kappa shape index (κ2) is 8.85. The van der Waals surface area contributed by atoms with Crippen molar-refractivity contribution < 1.29 is 4.21 Å². The van der Waals surface area contributed by atoms with E-state index in [0.717, 1.165) is 26.5 Å². The molecule has 0 amide bonds. The Hall–Kier alpha value is -3.64. The van der Waals surface area contributed by atoms with E-state index in [-0.39, 0.29) is 17.9 Å². The zero-order chi connectivity index (χ0) is 21.9. The number of nitrogens with one attached hydrogen (secondary N) is 1. The molecule has 1 aromatic carbocycles. The number of H-pyrrole nitrogens is 1. The highest BCUT2D eigenvalue weighted by Gasteiger charge is 2.34. The van der Waals surface area contributed by atoms with Crippen LogP contribution in [-0.2, 0) is 10.8 Å². The first-order valence-electron chi connectivity index (χ1n) is 10.4. The van der Waals surface area contributed by atoms with Gasteiger partial charge in [0.25, 0.3) is 0 Å². The summed E-state index contributed by atoms with van der Waals surface area (Å²) in [4.78, 5) is 17.8. The van der Waals surface area contributed by atoms with E-state index in [1.807, 2.05) is 60.0 Å². The van der Waals surface area contributed by atoms with Crippen LogP contribution >= 0.6 is 0 Å². The standard InChI is InChI=1S/C23H21N7OS/c24-8-6-21(16-10-19(13-25-11-16)32(31)18-4-2-1-3-5-18)30-14-17(12-29-30)22-20-7-9-26-23(20)28-15-27-22/h1-5,7,9,11-13,15-17,21H,6,10,14H2,(H,26,27,28). The van der Waals surface area contributed by atoms with E-state index in [9.17, 15) is 9.47 Å². The van der Waals surface area contributed by atoms with Crippen molar-refractivity contribution in [1.29, 1.82) is 5.26 Å². The van der Waals surface area contributed by atoms with Crippen LogP contribution in [0.4, 0.5) is 0 Å². The molecule has 2 aliphatic heterocycles. The van der Waals surface area contributed by atoms with Crippen LogP contribution in [0.15, 0.2) is 75.0 Å². The van der Waals surface area contributed by atoms with Gasteiger partial charge in [0.1, 0.15) is 12.0 Å². The van der Waals surface area contributed by atoms with Crippen molar-refractivity contribution in [1.82, 2.24) is 20.0 Å². The van der Waals surface area contributed by atoms with Gasteiger partial charge in [-0.1, -0.05) is 18.2 Å². The van der Waals surface area contributed by atoms with Crippen LogP contribution in [0.1, 0.15) is 24.5 Å². The van der Waals surface area contributed by atoms with E-state index in [4.69, 9.17) is 0 Å². The average Bonchev–Trinajstić information content (AvgIpc) is 3.52. The predicted octanol–water partition coefficient (Wildman–Crippen LogP) is 3.37. The Kier molecular flexibility index (Phi) is 5.60. The molecule has 4 atom stereocenters. The summed E-state index contributed by atoms with van der Waals surface area (Å²) in [5, 5.41) is 17.1. The van der Waals surface area contributed by atoms with Crippen molar-refractivity contribution in [2.45, 2.75) is 29.7 Å². The molecule has 160 valence electrons. The van der Waals surface area contributed by atoms with Crippen LogP contribution < -0.4 is 0 Å². The zero-order valence-electron chi connectivity index (χ0n) is 17.2. The molecule has 0 bridgehead atoms. The Morgan fingerprint density at radius 3 is 2.94 bits per heavy atom. The molecule has 4 unspecified atom stereocenters. The third kappa shape index (κ3) is 3.85. The third-order valence-corrected chi connectivity index (χ3v) is 7.27. The molecule has 5 rings (SSSR count). The predicted molar refractivity (Wildman–Crippen MR) is 123 cm³/mol. The Morgan fingerprint density at radius 2 is 2.09 bits per heavy atom. The van der Waals surface area contributed by atoms with E-state index < -0.39 is 10.8 Å². The normalized spacial score (nSPS) is 22.0. The molecule has 3 aromatic rings. The Balaban J connectivity index is 1.33. The van der Waals surface area contributed by atoms with Gasteiger partial charge in [-0.05, 0) is 24.6 Å². The van der Waals surface area contributed by atoms with Gasteiger partial charge in [0.15, 0.2) is 0 Å². The fourth-order valence-electron chi connectivity index (χ4n) is 4.23. The van der Waals surface area contributed by atoms with Crippen molar-refractivity contribution in [3.8, 4) is 6.07 Å². The van der Waals surface area contributed by atoms with Gasteiger partial charge in [0, 0.05) is 52.5 Å². The average molecular weight is 444 g/mol. The minimum atomic E-state index is -1.27. The summed E-state index contributed by atoms with van der Waals surface area (Å²) in [5.74, 6) is -0.0534. The fourth-order valence-corrected chi connectivity index (χ4v) is 5.44. The molecule has 9 heteroatoms. The molecular formula is C23H21N7OS. The first kappa shape index (κ1) is 20.3. The summed E-state index contributed by atoms with van der Waals surface area (Å²) in [6, 6.07) is 13.5. The lowest BCUT2D eigenvalue weighted by atomic mass is 9.92. The SMILES string of the molecule is N#CCC(C1C=NC=C(S(=O)c2ccccc2)C1)N1CC(c2ncnc3[nH]ccc23)C=N1. The number of hydrogen-bond donors (Lipinski definition) is 1. The molecule has 0 aliphatic carbocycles. The highest BCUT2D eigenvalue weighted by Crippen LogP contribution is 2.32. The molecule has 1 N–H and O–H groups in total. The van der Waals surface area contributed by atoms with E-state index in [1.165, 1.54) is 0 Å². The van der Waals surface area contributed by atoms with E-state index in [2.05, 4.69) is 31.1 Å². The third-order valence-electron chi connectivity index (χ3n) is 5.82. The number of aromatic nitrogens is 3. The second-order valence-corrected chi connectivity index (χ2v) is 9.30. The number of hydrogen-bond acceptors (Lipinski definition) is 7. The Bertz CT molecular complexity index is 1270. The molecule has 2 aliphatic rings. The summed E-state index contributed by atoms with van der Waals surface area (Å²) >= 11 is 0. The molecule has 2 aromatic heterocycles. The first-order valence-corrected chi connectivity index (χ1v) is 11.5. The lowest BCUT2D eigenvalue weighted by Crippen LogP contribution is -2.38. The number of nitrogens with zero attached hydrogens (tertiary/aromatic N) is 6. The number of fused-ring (bicyclic) bond motifs is 1. The maximum Gasteiger partial charge on any atom is 0.140 e. The number of allylic oxidation sites excluding steroid dienone is 1. The molecule has 0 spiro atoms. The molecular weight excluding hydrogens is 422 g/mol. The number of benzene rings is 1. The lowest BCUT2D eigenvalue weighted by molar-refractivity contribution is 0.190. The number of hydrazone groups is 1. The Labute approximate surface area is 187 Å². The van der Waals surface area contributed by atoms with E-state index in [1.54, 1.807) is 12.5 Å². The smallest absolute Gasteiger partial charge is 0.140 e. The summed E-state index contributed by atoms with van der Waals surface area (Å²) in [5.41, 5.74) is 1.72. The van der Waals surface area contributed by atoms with Crippen molar-refractivity contribution >= 4 is 34.3 Å². The molecule has 0 saturated carbocycles. The largest absolute Gasteiger partial charge is 0.346 e. The van der Waals surface area contributed by atoms with Gasteiger partial charge in [-0.3, -0.25) is 10.0 Å². The molecule has 0 fully saturated rings. The highest BCUT2D eigenvalue weighted by molar-refractivity contribution is 7.89. The highest BCUT2D eigenvalue weighted by atomic mass is 32.2. The van der Waals surface area contributed by atoms with Crippen LogP contribution in [0.25, 0.3) is 11.0 Å². The van der Waals surface area contributed by atoms with Gasteiger partial charge in [-0.25, -0.2) is 14.2 Å². The van der Waals surface area contributed by atoms with Crippen LogP contribution in [0, 0.1) is 17.2 Å². The van der Waals surface area contributed by atoms with E-state index in [0.29, 0.717) is 19.4 Å². The fraction of sp³-hybridized carbons (Fsp3) is 0.261. The summed E-state index contributed by atoms with van der Waals surface area (Å²) < 4.78 is 13.0. The van der Waals surface area contributed by atoms with Crippen LogP contribution in [0.2, 0.25) is 0 Å². The minimum Gasteiger partial charge on any atom is -0.346 e. The number of rotatable bonds is 6. The quantitative estimate of drug-likeness (QED) is 0.628. The van der Waals surface area contributed by atoms with Gasteiger partial charge < -0.3 is 4.98 Å². The lowest BCUT2D eigenvalue weighted by Gasteiger charge is -2.31. The number of nitriles is 1. The summed E-state index contributed by atoms with van der Waals surface area (Å²) in [6.07, 6.45) is 9.71. The zero-order valence-corrected chi connectivity index (χ0v) is 18.0. The van der Waals surface area contributed by atoms with Crippen molar-refractivity contribution in [3.05, 3.63) is 65.7 Å². The molecule has 0 radical (unpaired) electrons. The van der Waals surface area contributed by atoms with Gasteiger partial charge in [0.05, 0.1) is 40.9 Å². The van der Waals surface area contributed by atoms with Crippen LogP contribution in [-0.4, -0.2) is 49.2 Å². The maximum atomic E-state index is 13.0. The molecule has 8 nitrogen and oxygen atoms in total. The summed E-state index contributed by atoms with van der Waals surface area (Å²) in [6.45, 7) is 0.620. The Morgan fingerprint density at radius 1 is 1.22 bits per heavy atom. The van der Waals surface area contributed by atoms with Crippen LogP contribution in [0.3, 0.4) is 0 Å². The molecule has 32 heavy (non-hydrogen) atoms. The van der Waals surface area contributed by atoms with Crippen molar-refractivity contribution in [2.75, 3.05) is 6.54 Å². The van der Waals surface area contributed by atoms with Crippen molar-refractivity contribution in [2.24, 2.45) is 16.0 Å². The topological polar surface area (TPSA) is 110 Å². The van der Waals surface area contributed by atoms with Crippen molar-refractivity contribution in [3.63, 3.8) is 0 Å². The molecule has 4 heterocycles. The van der Waals surface area contributed by atoms with Gasteiger partial charge in [-0.2, -0.15) is 10.4 Å². The van der Waals surface area contributed by atoms with Crippen LogP contribution in [0.5, 0.6) is 0 Å². The number of aliphatic imine (C=N–C) groups is 1. The van der Waals surface area contributed by atoms with Gasteiger partial charge in [0.2, 0.25) is 0 Å². The second-order valence-electron chi connectivity index (χ2n) is 7.76. The first-order chi connectivity index (χ1) is 15.7. The van der Waals surface area contributed by atoms with Gasteiger partial charge in [-0.15, -0.1) is 0 Å². The molecule has 0 saturated heterocycles.